The van der Waals surface area contributed by atoms with E-state index in [0.29, 0.717) is 16.8 Å². The molecule has 1 atom stereocenters. The Bertz CT molecular complexity index is 383. The van der Waals surface area contributed by atoms with Crippen LogP contribution in [0.2, 0.25) is 5.02 Å². The molecule has 1 saturated heterocycles. The number of hydrogen-bond acceptors (Lipinski definition) is 3. The molecule has 2 heterocycles. The van der Waals surface area contributed by atoms with Gasteiger partial charge in [-0.05, 0) is 24.8 Å². The molecule has 1 aliphatic rings. The molecule has 5 heteroatoms. The molecule has 1 fully saturated rings. The van der Waals surface area contributed by atoms with Gasteiger partial charge in [-0.15, -0.1) is 0 Å². The molecule has 0 amide bonds. The van der Waals surface area contributed by atoms with Crippen molar-refractivity contribution in [1.82, 2.24) is 4.98 Å². The molecule has 0 bridgehead atoms. The summed E-state index contributed by atoms with van der Waals surface area (Å²) in [5.41, 5.74) is 0. The molecule has 0 spiro atoms. The van der Waals surface area contributed by atoms with Crippen molar-refractivity contribution < 1.29 is 9.13 Å². The largest absolute Gasteiger partial charge is 0.381 e. The highest BCUT2D eigenvalue weighted by atomic mass is 35.5. The first-order valence-electron chi connectivity index (χ1n) is 5.76. The maximum atomic E-state index is 13.6. The van der Waals surface area contributed by atoms with Crippen LogP contribution in [0.1, 0.15) is 12.8 Å². The Morgan fingerprint density at radius 2 is 2.47 bits per heavy atom. The average molecular weight is 259 g/mol. The quantitative estimate of drug-likeness (QED) is 0.834. The average Bonchev–Trinajstić information content (AvgIpc) is 2.30. The summed E-state index contributed by atoms with van der Waals surface area (Å²) in [6.45, 7) is 2.35. The normalized spacial score (nSPS) is 20.3. The van der Waals surface area contributed by atoms with E-state index in [4.69, 9.17) is 16.3 Å². The standard InChI is InChI=1S/C12H16ClFN2O/c1-16(7-9-3-2-4-17-8-9)12-11(14)5-10(13)6-15-12/h5-6,9H,2-4,7-8H2,1H3. The lowest BCUT2D eigenvalue weighted by molar-refractivity contribution is 0.0575. The van der Waals surface area contributed by atoms with Crippen molar-refractivity contribution in [3.63, 3.8) is 0 Å². The Labute approximate surface area is 106 Å². The molecule has 1 aromatic rings. The summed E-state index contributed by atoms with van der Waals surface area (Å²) in [6.07, 6.45) is 3.67. The SMILES string of the molecule is CN(CC1CCCOC1)c1ncc(Cl)cc1F. The smallest absolute Gasteiger partial charge is 0.167 e. The number of pyridine rings is 1. The van der Waals surface area contributed by atoms with Crippen molar-refractivity contribution in [2.45, 2.75) is 12.8 Å². The summed E-state index contributed by atoms with van der Waals surface area (Å²) in [6, 6.07) is 1.29. The summed E-state index contributed by atoms with van der Waals surface area (Å²) in [5.74, 6) is 0.419. The topological polar surface area (TPSA) is 25.4 Å². The lowest BCUT2D eigenvalue weighted by Gasteiger charge is -2.27. The molecular formula is C12H16ClFN2O. The zero-order chi connectivity index (χ0) is 12.3. The van der Waals surface area contributed by atoms with Gasteiger partial charge in [0.2, 0.25) is 0 Å². The van der Waals surface area contributed by atoms with E-state index in [9.17, 15) is 4.39 Å². The Morgan fingerprint density at radius 3 is 3.12 bits per heavy atom. The summed E-state index contributed by atoms with van der Waals surface area (Å²) in [5, 5.41) is 0.320. The van der Waals surface area contributed by atoms with Crippen LogP contribution in [-0.2, 0) is 4.74 Å². The first-order valence-corrected chi connectivity index (χ1v) is 6.14. The molecule has 0 aromatic carbocycles. The second kappa shape index (κ2) is 5.65. The van der Waals surface area contributed by atoms with Crippen LogP contribution in [0.4, 0.5) is 10.2 Å². The van der Waals surface area contributed by atoms with Crippen LogP contribution in [0.15, 0.2) is 12.3 Å². The lowest BCUT2D eigenvalue weighted by atomic mass is 10.0. The lowest BCUT2D eigenvalue weighted by Crippen LogP contribution is -2.31. The highest BCUT2D eigenvalue weighted by molar-refractivity contribution is 6.30. The number of ether oxygens (including phenoxy) is 1. The highest BCUT2D eigenvalue weighted by Crippen LogP contribution is 2.21. The number of halogens is 2. The molecule has 94 valence electrons. The first kappa shape index (κ1) is 12.6. The Morgan fingerprint density at radius 1 is 1.65 bits per heavy atom. The van der Waals surface area contributed by atoms with Crippen LogP contribution in [0.3, 0.4) is 0 Å². The van der Waals surface area contributed by atoms with Crippen LogP contribution in [-0.4, -0.2) is 31.8 Å². The predicted molar refractivity (Wildman–Crippen MR) is 66.0 cm³/mol. The number of anilines is 1. The maximum Gasteiger partial charge on any atom is 0.167 e. The monoisotopic (exact) mass is 258 g/mol. The van der Waals surface area contributed by atoms with Crippen LogP contribution in [0.25, 0.3) is 0 Å². The van der Waals surface area contributed by atoms with Gasteiger partial charge in [-0.3, -0.25) is 0 Å². The molecule has 0 N–H and O–H groups in total. The van der Waals surface area contributed by atoms with E-state index >= 15 is 0 Å². The van der Waals surface area contributed by atoms with E-state index in [2.05, 4.69) is 4.98 Å². The first-order chi connectivity index (χ1) is 8.16. The van der Waals surface area contributed by atoms with Crippen molar-refractivity contribution in [2.24, 2.45) is 5.92 Å². The Balaban J connectivity index is 2.00. The zero-order valence-corrected chi connectivity index (χ0v) is 10.6. The fourth-order valence-corrected chi connectivity index (χ4v) is 2.26. The van der Waals surface area contributed by atoms with E-state index in [1.165, 1.54) is 12.3 Å². The number of nitrogens with zero attached hydrogens (tertiary/aromatic N) is 2. The molecule has 0 saturated carbocycles. The minimum Gasteiger partial charge on any atom is -0.381 e. The van der Waals surface area contributed by atoms with Gasteiger partial charge < -0.3 is 9.64 Å². The molecule has 0 radical (unpaired) electrons. The van der Waals surface area contributed by atoms with Gasteiger partial charge in [0.15, 0.2) is 11.6 Å². The Hall–Kier alpha value is -0.870. The van der Waals surface area contributed by atoms with Gasteiger partial charge in [0.25, 0.3) is 0 Å². The van der Waals surface area contributed by atoms with E-state index in [1.807, 2.05) is 11.9 Å². The van der Waals surface area contributed by atoms with Crippen molar-refractivity contribution >= 4 is 17.4 Å². The van der Waals surface area contributed by atoms with Crippen LogP contribution in [0, 0.1) is 11.7 Å². The predicted octanol–water partition coefficient (Wildman–Crippen LogP) is 2.74. The molecular weight excluding hydrogens is 243 g/mol. The van der Waals surface area contributed by atoms with E-state index in [1.54, 1.807) is 0 Å². The van der Waals surface area contributed by atoms with Gasteiger partial charge in [-0.2, -0.15) is 0 Å². The summed E-state index contributed by atoms with van der Waals surface area (Å²) in [4.78, 5) is 5.85. The van der Waals surface area contributed by atoms with Crippen molar-refractivity contribution in [3.05, 3.63) is 23.1 Å². The summed E-state index contributed by atoms with van der Waals surface area (Å²) >= 11 is 5.67. The number of hydrogen-bond donors (Lipinski definition) is 0. The Kier molecular flexibility index (Phi) is 4.18. The molecule has 1 aromatic heterocycles. The van der Waals surface area contributed by atoms with E-state index in [0.717, 1.165) is 32.6 Å². The third-order valence-electron chi connectivity index (χ3n) is 2.94. The third-order valence-corrected chi connectivity index (χ3v) is 3.14. The summed E-state index contributed by atoms with van der Waals surface area (Å²) in [7, 11) is 1.84. The zero-order valence-electron chi connectivity index (χ0n) is 9.83. The molecule has 3 nitrogen and oxygen atoms in total. The number of aromatic nitrogens is 1. The van der Waals surface area contributed by atoms with Gasteiger partial charge in [-0.1, -0.05) is 11.6 Å². The maximum absolute atomic E-state index is 13.6. The van der Waals surface area contributed by atoms with Gasteiger partial charge in [0.1, 0.15) is 0 Å². The van der Waals surface area contributed by atoms with Crippen molar-refractivity contribution in [1.29, 1.82) is 0 Å². The molecule has 2 rings (SSSR count). The van der Waals surface area contributed by atoms with Crippen LogP contribution < -0.4 is 4.90 Å². The van der Waals surface area contributed by atoms with Crippen LogP contribution in [0.5, 0.6) is 0 Å². The van der Waals surface area contributed by atoms with Crippen molar-refractivity contribution in [3.8, 4) is 0 Å². The molecule has 0 aliphatic carbocycles. The van der Waals surface area contributed by atoms with Crippen LogP contribution >= 0.6 is 11.6 Å². The molecule has 1 unspecified atom stereocenters. The van der Waals surface area contributed by atoms with Gasteiger partial charge >= 0.3 is 0 Å². The second-order valence-electron chi connectivity index (χ2n) is 4.42. The fourth-order valence-electron chi connectivity index (χ4n) is 2.11. The second-order valence-corrected chi connectivity index (χ2v) is 4.86. The third kappa shape index (κ3) is 3.30. The highest BCUT2D eigenvalue weighted by Gasteiger charge is 2.18. The van der Waals surface area contributed by atoms with Gasteiger partial charge in [0.05, 0.1) is 11.6 Å². The van der Waals surface area contributed by atoms with Gasteiger partial charge in [0, 0.05) is 26.4 Å². The molecule has 1 aliphatic heterocycles. The minimum absolute atomic E-state index is 0.320. The number of rotatable bonds is 3. The fraction of sp³-hybridized carbons (Fsp3) is 0.583. The van der Waals surface area contributed by atoms with E-state index < -0.39 is 0 Å². The van der Waals surface area contributed by atoms with Crippen molar-refractivity contribution in [2.75, 3.05) is 31.7 Å². The molecule has 17 heavy (non-hydrogen) atoms. The van der Waals surface area contributed by atoms with E-state index in [-0.39, 0.29) is 5.82 Å². The van der Waals surface area contributed by atoms with Gasteiger partial charge in [-0.25, -0.2) is 9.37 Å². The minimum atomic E-state index is -0.378. The summed E-state index contributed by atoms with van der Waals surface area (Å²) < 4.78 is 19.0.